The second kappa shape index (κ2) is 14.9. The van der Waals surface area contributed by atoms with Crippen LogP contribution in [0.1, 0.15) is 29.2 Å². The molecule has 0 aromatic heterocycles. The first-order valence-corrected chi connectivity index (χ1v) is 14.7. The number of benzene rings is 3. The molecule has 0 bridgehead atoms. The molecule has 0 spiro atoms. The van der Waals surface area contributed by atoms with Crippen molar-refractivity contribution >= 4 is 43.7 Å². The van der Waals surface area contributed by atoms with Gasteiger partial charge in [0.2, 0.25) is 5.90 Å². The van der Waals surface area contributed by atoms with Gasteiger partial charge in [-0.05, 0) is 48.0 Å². The average molecular weight is 691 g/mol. The van der Waals surface area contributed by atoms with Gasteiger partial charge >= 0.3 is 0 Å². The molecule has 3 aromatic rings. The van der Waals surface area contributed by atoms with Crippen molar-refractivity contribution in [2.24, 2.45) is 4.99 Å². The molecule has 11 heteroatoms. The molecule has 1 amide bonds. The van der Waals surface area contributed by atoms with Crippen molar-refractivity contribution in [2.45, 2.75) is 30.8 Å². The Balaban J connectivity index is 1.74. The lowest BCUT2D eigenvalue weighted by atomic mass is 9.82. The highest BCUT2D eigenvalue weighted by atomic mass is 79.9. The summed E-state index contributed by atoms with van der Waals surface area (Å²) in [6.07, 6.45) is -0.486. The van der Waals surface area contributed by atoms with Gasteiger partial charge in [0, 0.05) is 53.7 Å². The summed E-state index contributed by atoms with van der Waals surface area (Å²) in [7, 11) is 3.06. The van der Waals surface area contributed by atoms with Gasteiger partial charge in [-0.15, -0.1) is 0 Å². The summed E-state index contributed by atoms with van der Waals surface area (Å²) in [4.78, 5) is 19.2. The van der Waals surface area contributed by atoms with E-state index in [9.17, 15) is 4.79 Å². The van der Waals surface area contributed by atoms with Crippen LogP contribution in [0, 0.1) is 0 Å². The number of hydrazine groups is 1. The Morgan fingerprint density at radius 3 is 2.41 bits per heavy atom. The monoisotopic (exact) mass is 689 g/mol. The van der Waals surface area contributed by atoms with Crippen LogP contribution in [0.2, 0.25) is 0 Å². The summed E-state index contributed by atoms with van der Waals surface area (Å²) >= 11 is 7.15. The minimum Gasteiger partial charge on any atom is -0.494 e. The van der Waals surface area contributed by atoms with E-state index in [1.165, 1.54) is 14.2 Å². The quantitative estimate of drug-likeness (QED) is 0.128. The second-order valence-corrected chi connectivity index (χ2v) is 11.1. The summed E-state index contributed by atoms with van der Waals surface area (Å²) < 4.78 is 24.4. The normalized spacial score (nSPS) is 18.2. The molecule has 1 aliphatic heterocycles. The zero-order chi connectivity index (χ0) is 29.2. The lowest BCUT2D eigenvalue weighted by Crippen LogP contribution is -2.55. The number of amides is 1. The number of aliphatic imine (C=N–C) groups is 1. The number of nitrogens with one attached hydrogen (secondary N) is 2. The van der Waals surface area contributed by atoms with Gasteiger partial charge in [-0.25, -0.2) is 10.4 Å². The Bertz CT molecular complexity index is 1320. The number of hydrogen-bond acceptors (Lipinski definition) is 8. The fraction of sp³-hybridized carbons (Fsp3) is 0.333. The number of nitrogens with zero attached hydrogens (tertiary/aromatic N) is 1. The SMILES string of the molecule is COC(CNNC(=O)[C@@]1(Cc2ccc(Br)cc2)N=C(c2ccc(OCCCO)cc2)O[C@H]1c1ccccc1Br)OC. The van der Waals surface area contributed by atoms with Crippen molar-refractivity contribution in [1.82, 2.24) is 10.9 Å². The van der Waals surface area contributed by atoms with Gasteiger partial charge in [-0.2, -0.15) is 0 Å². The van der Waals surface area contributed by atoms with Crippen molar-refractivity contribution in [3.8, 4) is 5.75 Å². The molecule has 0 aliphatic carbocycles. The number of methoxy groups -OCH3 is 2. The molecule has 3 aromatic carbocycles. The van der Waals surface area contributed by atoms with E-state index in [1.807, 2.05) is 72.8 Å². The summed E-state index contributed by atoms with van der Waals surface area (Å²) in [6.45, 7) is 0.698. The topological polar surface area (TPSA) is 111 Å². The van der Waals surface area contributed by atoms with E-state index in [2.05, 4.69) is 42.7 Å². The smallest absolute Gasteiger partial charge is 0.266 e. The molecule has 0 radical (unpaired) electrons. The average Bonchev–Trinajstić information content (AvgIpc) is 3.37. The van der Waals surface area contributed by atoms with Crippen LogP contribution in [0.3, 0.4) is 0 Å². The van der Waals surface area contributed by atoms with Gasteiger partial charge in [-0.1, -0.05) is 62.2 Å². The number of carbonyl (C=O) groups excluding carboxylic acids is 1. The fourth-order valence-corrected chi connectivity index (χ4v) is 5.20. The third-order valence-electron chi connectivity index (χ3n) is 6.60. The predicted molar refractivity (Wildman–Crippen MR) is 163 cm³/mol. The number of rotatable bonds is 14. The van der Waals surface area contributed by atoms with Crippen molar-refractivity contribution in [2.75, 3.05) is 34.0 Å². The minimum atomic E-state index is -1.37. The first kappa shape index (κ1) is 31.1. The molecule has 3 N–H and O–H groups in total. The first-order chi connectivity index (χ1) is 19.9. The van der Waals surface area contributed by atoms with Gasteiger partial charge in [0.15, 0.2) is 17.9 Å². The highest BCUT2D eigenvalue weighted by Gasteiger charge is 2.54. The molecule has 4 rings (SSSR count). The summed E-state index contributed by atoms with van der Waals surface area (Å²) in [5.41, 5.74) is 6.78. The fourth-order valence-electron chi connectivity index (χ4n) is 4.45. The van der Waals surface area contributed by atoms with Crippen LogP contribution in [0.5, 0.6) is 5.75 Å². The maximum Gasteiger partial charge on any atom is 0.266 e. The molecule has 0 unspecified atom stereocenters. The van der Waals surface area contributed by atoms with Crippen LogP contribution in [0.4, 0.5) is 0 Å². The standard InChI is InChI=1S/C30H33Br2N3O6/c1-38-26(39-2)19-33-35-29(37)30(18-20-8-12-22(31)13-9-20)27(24-6-3-4-7-25(24)32)41-28(34-30)21-10-14-23(15-11-21)40-17-5-16-36/h3-4,6-15,26-27,33,36H,5,16-19H2,1-2H3,(H,35,37)/t27-,30-/m0/s1. The molecule has 1 aliphatic rings. The third kappa shape index (κ3) is 7.73. The van der Waals surface area contributed by atoms with Crippen LogP contribution < -0.4 is 15.6 Å². The van der Waals surface area contributed by atoms with Gasteiger partial charge in [0.05, 0.1) is 13.2 Å². The summed E-state index contributed by atoms with van der Waals surface area (Å²) in [5, 5.41) is 9.02. The molecule has 218 valence electrons. The maximum absolute atomic E-state index is 14.2. The van der Waals surface area contributed by atoms with Crippen molar-refractivity contribution < 1.29 is 28.8 Å². The van der Waals surface area contributed by atoms with E-state index in [0.717, 1.165) is 20.1 Å². The first-order valence-electron chi connectivity index (χ1n) is 13.1. The van der Waals surface area contributed by atoms with Crippen LogP contribution in [0.15, 0.2) is 86.7 Å². The van der Waals surface area contributed by atoms with Crippen molar-refractivity contribution in [3.63, 3.8) is 0 Å². The molecule has 0 fully saturated rings. The zero-order valence-electron chi connectivity index (χ0n) is 22.8. The summed E-state index contributed by atoms with van der Waals surface area (Å²) in [5.74, 6) is 0.634. The maximum atomic E-state index is 14.2. The highest BCUT2D eigenvalue weighted by molar-refractivity contribution is 9.10. The van der Waals surface area contributed by atoms with Crippen LogP contribution in [-0.2, 0) is 25.4 Å². The Morgan fingerprint density at radius 1 is 1.05 bits per heavy atom. The number of aliphatic hydroxyl groups excluding tert-OH is 1. The van der Waals surface area contributed by atoms with Gasteiger partial charge < -0.3 is 24.1 Å². The molecular weight excluding hydrogens is 658 g/mol. The van der Waals surface area contributed by atoms with E-state index in [4.69, 9.17) is 29.0 Å². The van der Waals surface area contributed by atoms with Crippen LogP contribution >= 0.6 is 31.9 Å². The molecule has 2 atom stereocenters. The van der Waals surface area contributed by atoms with E-state index in [-0.39, 0.29) is 25.5 Å². The lowest BCUT2D eigenvalue weighted by Gasteiger charge is -2.31. The highest BCUT2D eigenvalue weighted by Crippen LogP contribution is 2.44. The minimum absolute atomic E-state index is 0.0636. The largest absolute Gasteiger partial charge is 0.494 e. The molecule has 41 heavy (non-hydrogen) atoms. The molecule has 0 saturated carbocycles. The van der Waals surface area contributed by atoms with E-state index < -0.39 is 17.9 Å². The lowest BCUT2D eigenvalue weighted by molar-refractivity contribution is -0.131. The number of carbonyl (C=O) groups is 1. The van der Waals surface area contributed by atoms with Crippen molar-refractivity contribution in [1.29, 1.82) is 0 Å². The number of halogens is 2. The Hall–Kier alpha value is -2.80. The second-order valence-electron chi connectivity index (χ2n) is 9.35. The molecule has 1 heterocycles. The molecular formula is C30H33Br2N3O6. The van der Waals surface area contributed by atoms with E-state index in [1.54, 1.807) is 0 Å². The molecule has 9 nitrogen and oxygen atoms in total. The number of hydrogen-bond donors (Lipinski definition) is 3. The van der Waals surface area contributed by atoms with Crippen LogP contribution in [0.25, 0.3) is 0 Å². The Kier molecular flexibility index (Phi) is 11.3. The van der Waals surface area contributed by atoms with Gasteiger partial charge in [0.25, 0.3) is 5.91 Å². The Labute approximate surface area is 256 Å². The van der Waals surface area contributed by atoms with Gasteiger partial charge in [0.1, 0.15) is 5.75 Å². The molecule has 0 saturated heterocycles. The van der Waals surface area contributed by atoms with E-state index in [0.29, 0.717) is 30.2 Å². The van der Waals surface area contributed by atoms with Crippen LogP contribution in [-0.4, -0.2) is 62.7 Å². The third-order valence-corrected chi connectivity index (χ3v) is 7.85. The zero-order valence-corrected chi connectivity index (χ0v) is 26.0. The number of ether oxygens (including phenoxy) is 4. The predicted octanol–water partition coefficient (Wildman–Crippen LogP) is 4.71. The van der Waals surface area contributed by atoms with Crippen molar-refractivity contribution in [3.05, 3.63) is 98.4 Å². The van der Waals surface area contributed by atoms with E-state index >= 15 is 0 Å². The van der Waals surface area contributed by atoms with Gasteiger partial charge in [-0.3, -0.25) is 10.2 Å². The Morgan fingerprint density at radius 2 is 1.76 bits per heavy atom. The summed E-state index contributed by atoms with van der Waals surface area (Å²) in [6, 6.07) is 22.8. The number of aliphatic hydroxyl groups is 1.